The number of hydrogen-bond donors (Lipinski definition) is 4. The predicted molar refractivity (Wildman–Crippen MR) is 183 cm³/mol. The lowest BCUT2D eigenvalue weighted by atomic mass is 9.91. The number of carbonyl (C=O) groups is 6. The highest BCUT2D eigenvalue weighted by Gasteiger charge is 2.44. The SMILES string of the molecule is CCC(C)[C@@H](C(=O)N[C@@H](CCNC(=O)c1cc(F)cc(F)c1)C(=O)NO)N(C)C(=O)[C@@H]1CCCN1C(=O)[C@H](C(C)c1ccccc1)N(C)C(C)=O. The van der Waals surface area contributed by atoms with Crippen LogP contribution in [0.5, 0.6) is 0 Å². The van der Waals surface area contributed by atoms with E-state index in [2.05, 4.69) is 10.6 Å². The van der Waals surface area contributed by atoms with Crippen LogP contribution in [0.2, 0.25) is 0 Å². The summed E-state index contributed by atoms with van der Waals surface area (Å²) in [6.07, 6.45) is 1.10. The first-order chi connectivity index (χ1) is 24.1. The minimum atomic E-state index is -1.37. The number of carbonyl (C=O) groups excluding carboxylic acids is 6. The van der Waals surface area contributed by atoms with Crippen LogP contribution in [0, 0.1) is 17.6 Å². The van der Waals surface area contributed by atoms with E-state index in [0.717, 1.165) is 17.7 Å². The van der Waals surface area contributed by atoms with E-state index in [9.17, 15) is 42.8 Å². The second kappa shape index (κ2) is 18.4. The second-order valence-corrected chi connectivity index (χ2v) is 13.0. The summed E-state index contributed by atoms with van der Waals surface area (Å²) in [7, 11) is 3.00. The molecule has 0 saturated carbocycles. The van der Waals surface area contributed by atoms with E-state index >= 15 is 0 Å². The van der Waals surface area contributed by atoms with Crippen molar-refractivity contribution >= 4 is 35.4 Å². The Morgan fingerprint density at radius 2 is 1.57 bits per heavy atom. The van der Waals surface area contributed by atoms with Gasteiger partial charge in [-0.25, -0.2) is 14.3 Å². The van der Waals surface area contributed by atoms with Gasteiger partial charge in [-0.1, -0.05) is 57.5 Å². The summed E-state index contributed by atoms with van der Waals surface area (Å²) < 4.78 is 27.1. The lowest BCUT2D eigenvalue weighted by Crippen LogP contribution is -2.60. The number of likely N-dealkylation sites (tertiary alicyclic amines) is 1. The van der Waals surface area contributed by atoms with Crippen LogP contribution in [0.25, 0.3) is 0 Å². The maximum absolute atomic E-state index is 14.2. The first kappa shape index (κ1) is 40.5. The molecule has 1 aliphatic rings. The van der Waals surface area contributed by atoms with Crippen LogP contribution in [-0.2, 0) is 24.0 Å². The molecule has 1 aliphatic heterocycles. The van der Waals surface area contributed by atoms with Crippen molar-refractivity contribution in [3.05, 3.63) is 71.3 Å². The monoisotopic (exact) mass is 714 g/mol. The highest BCUT2D eigenvalue weighted by Crippen LogP contribution is 2.29. The van der Waals surface area contributed by atoms with Crippen molar-refractivity contribution in [3.8, 4) is 0 Å². The van der Waals surface area contributed by atoms with Crippen LogP contribution in [0.15, 0.2) is 48.5 Å². The molecule has 0 aliphatic carbocycles. The summed E-state index contributed by atoms with van der Waals surface area (Å²) in [6, 6.07) is 7.31. The minimum absolute atomic E-state index is 0.220. The molecule has 0 spiro atoms. The Morgan fingerprint density at radius 1 is 0.941 bits per heavy atom. The van der Waals surface area contributed by atoms with E-state index in [4.69, 9.17) is 0 Å². The van der Waals surface area contributed by atoms with Crippen LogP contribution in [0.1, 0.15) is 75.2 Å². The number of hydroxylamine groups is 1. The quantitative estimate of drug-likeness (QED) is 0.163. The maximum atomic E-state index is 14.2. The van der Waals surface area contributed by atoms with Crippen molar-refractivity contribution in [3.63, 3.8) is 0 Å². The number of nitrogens with zero attached hydrogens (tertiary/aromatic N) is 3. The average molecular weight is 715 g/mol. The minimum Gasteiger partial charge on any atom is -0.352 e. The molecule has 6 atom stereocenters. The number of likely N-dealkylation sites (N-methyl/N-ethyl adjacent to an activating group) is 2. The van der Waals surface area contributed by atoms with Crippen LogP contribution < -0.4 is 16.1 Å². The first-order valence-corrected chi connectivity index (χ1v) is 17.0. The molecule has 2 aromatic rings. The molecule has 4 N–H and O–H groups in total. The zero-order valence-corrected chi connectivity index (χ0v) is 29.8. The number of amides is 6. The fourth-order valence-electron chi connectivity index (χ4n) is 6.44. The van der Waals surface area contributed by atoms with Crippen LogP contribution in [0.3, 0.4) is 0 Å². The van der Waals surface area contributed by atoms with Gasteiger partial charge in [0.2, 0.25) is 23.6 Å². The molecular formula is C36H48F2N6O7. The Morgan fingerprint density at radius 3 is 2.14 bits per heavy atom. The van der Waals surface area contributed by atoms with Crippen molar-refractivity contribution in [2.24, 2.45) is 5.92 Å². The lowest BCUT2D eigenvalue weighted by molar-refractivity contribution is -0.152. The molecule has 6 amide bonds. The third-order valence-electron chi connectivity index (χ3n) is 9.59. The van der Waals surface area contributed by atoms with Gasteiger partial charge in [0.1, 0.15) is 35.8 Å². The van der Waals surface area contributed by atoms with Crippen LogP contribution in [-0.4, -0.2) is 107 Å². The molecule has 1 saturated heterocycles. The molecule has 2 aromatic carbocycles. The van der Waals surface area contributed by atoms with Crippen molar-refractivity contribution in [2.75, 3.05) is 27.2 Å². The average Bonchev–Trinajstić information content (AvgIpc) is 3.60. The van der Waals surface area contributed by atoms with Gasteiger partial charge in [0, 0.05) is 51.7 Å². The Labute approximate surface area is 296 Å². The van der Waals surface area contributed by atoms with E-state index in [-0.39, 0.29) is 36.9 Å². The van der Waals surface area contributed by atoms with Gasteiger partial charge in [0.15, 0.2) is 0 Å². The van der Waals surface area contributed by atoms with Gasteiger partial charge in [0.05, 0.1) is 0 Å². The lowest BCUT2D eigenvalue weighted by Gasteiger charge is -2.38. The smallest absolute Gasteiger partial charge is 0.265 e. The fourth-order valence-corrected chi connectivity index (χ4v) is 6.44. The fraction of sp³-hybridized carbons (Fsp3) is 0.500. The molecule has 0 aromatic heterocycles. The Balaban J connectivity index is 1.79. The molecule has 3 rings (SSSR count). The molecule has 15 heteroatoms. The number of benzene rings is 2. The summed E-state index contributed by atoms with van der Waals surface area (Å²) in [5.74, 6) is -6.43. The Bertz CT molecular complexity index is 1560. The van der Waals surface area contributed by atoms with Crippen LogP contribution >= 0.6 is 0 Å². The standard InChI is InChI=1S/C36H48F2N6O7/c1-7-21(2)30(34(48)40-28(33(47)41-51)15-16-39-32(46)25-18-26(37)20-27(38)19-25)43(6)35(49)29-14-11-17-44(29)36(50)31(42(5)23(4)45)22(3)24-12-9-8-10-13-24/h8-10,12-13,18-22,28-31,51H,7,11,14-17H2,1-6H3,(H,39,46)(H,40,48)(H,41,47)/t21?,22?,28-,29-,30-,31-/m0/s1. The third kappa shape index (κ3) is 10.1. The second-order valence-electron chi connectivity index (χ2n) is 13.0. The van der Waals surface area contributed by atoms with Gasteiger partial charge < -0.3 is 25.3 Å². The number of hydrogen-bond acceptors (Lipinski definition) is 7. The highest BCUT2D eigenvalue weighted by atomic mass is 19.1. The molecule has 1 fully saturated rings. The van der Waals surface area contributed by atoms with E-state index < -0.39 is 71.3 Å². The van der Waals surface area contributed by atoms with E-state index in [0.29, 0.717) is 25.3 Å². The number of rotatable bonds is 15. The molecule has 51 heavy (non-hydrogen) atoms. The highest BCUT2D eigenvalue weighted by molar-refractivity contribution is 5.96. The first-order valence-electron chi connectivity index (χ1n) is 17.0. The van der Waals surface area contributed by atoms with Crippen LogP contribution in [0.4, 0.5) is 8.78 Å². The number of nitrogens with one attached hydrogen (secondary N) is 3. The van der Waals surface area contributed by atoms with Crippen molar-refractivity contribution < 1.29 is 42.8 Å². The third-order valence-corrected chi connectivity index (χ3v) is 9.59. The van der Waals surface area contributed by atoms with E-state index in [1.165, 1.54) is 34.2 Å². The van der Waals surface area contributed by atoms with Crippen molar-refractivity contribution in [1.29, 1.82) is 0 Å². The summed E-state index contributed by atoms with van der Waals surface area (Å²) in [5.41, 5.74) is 2.04. The molecule has 0 bridgehead atoms. The Hall–Kier alpha value is -4.92. The largest absolute Gasteiger partial charge is 0.352 e. The summed E-state index contributed by atoms with van der Waals surface area (Å²) in [5, 5.41) is 14.3. The van der Waals surface area contributed by atoms with Crippen molar-refractivity contribution in [2.45, 2.75) is 83.5 Å². The number of halogens is 2. The normalized spacial score (nSPS) is 17.0. The predicted octanol–water partition coefficient (Wildman–Crippen LogP) is 2.59. The Kier molecular flexibility index (Phi) is 14.6. The van der Waals surface area contributed by atoms with E-state index in [1.807, 2.05) is 44.2 Å². The van der Waals surface area contributed by atoms with Gasteiger partial charge in [-0.15, -0.1) is 0 Å². The molecule has 0 radical (unpaired) electrons. The molecule has 1 heterocycles. The molecule has 278 valence electrons. The molecule has 2 unspecified atom stereocenters. The van der Waals surface area contributed by atoms with Gasteiger partial charge in [-0.05, 0) is 42.9 Å². The van der Waals surface area contributed by atoms with Gasteiger partial charge >= 0.3 is 0 Å². The zero-order chi connectivity index (χ0) is 38.0. The van der Waals surface area contributed by atoms with E-state index in [1.54, 1.807) is 14.0 Å². The molecular weight excluding hydrogens is 666 g/mol. The topological polar surface area (TPSA) is 168 Å². The summed E-state index contributed by atoms with van der Waals surface area (Å²) in [4.78, 5) is 83.8. The molecule has 13 nitrogen and oxygen atoms in total. The van der Waals surface area contributed by atoms with Gasteiger partial charge in [-0.3, -0.25) is 34.0 Å². The zero-order valence-electron chi connectivity index (χ0n) is 29.8. The summed E-state index contributed by atoms with van der Waals surface area (Å²) >= 11 is 0. The maximum Gasteiger partial charge on any atom is 0.265 e. The van der Waals surface area contributed by atoms with Crippen molar-refractivity contribution in [1.82, 2.24) is 30.8 Å². The van der Waals surface area contributed by atoms with Gasteiger partial charge in [0.25, 0.3) is 11.8 Å². The van der Waals surface area contributed by atoms with Gasteiger partial charge in [-0.2, -0.15) is 0 Å². The summed E-state index contributed by atoms with van der Waals surface area (Å²) in [6.45, 7) is 6.85.